The lowest BCUT2D eigenvalue weighted by atomic mass is 9.75. The molecule has 1 saturated carbocycles. The van der Waals surface area contributed by atoms with Crippen molar-refractivity contribution in [2.24, 2.45) is 15.4 Å². The van der Waals surface area contributed by atoms with Gasteiger partial charge in [-0.05, 0) is 53.5 Å². The third kappa shape index (κ3) is 8.91. The SMILES string of the molecule is CN(C)/C=N/C(=S)c1cc([C@@H](COC(=O)NC2CC2)N2C(=O)[C@@](CC(C)(C)C)(c3ccc(-c4cnn(C(F)F)c4)cc3)NC2=NC(=O)O)ccc1Cl. The number of ether oxygens (including phenoxy) is 1. The van der Waals surface area contributed by atoms with E-state index in [0.29, 0.717) is 32.5 Å². The summed E-state index contributed by atoms with van der Waals surface area (Å²) in [7, 11) is 3.55. The molecule has 5 rings (SSSR count). The number of hydrogen-bond acceptors (Lipinski definition) is 6. The van der Waals surface area contributed by atoms with Crippen LogP contribution in [0.5, 0.6) is 0 Å². The van der Waals surface area contributed by atoms with Crippen molar-refractivity contribution in [3.63, 3.8) is 0 Å². The number of thiocarbonyl (C=S) groups is 1. The molecule has 1 aliphatic heterocycles. The number of guanidine groups is 1. The van der Waals surface area contributed by atoms with Crippen LogP contribution < -0.4 is 10.6 Å². The number of nitrogens with zero attached hydrogens (tertiary/aromatic N) is 6. The number of alkyl carbamates (subject to hydrolysis) is 1. The minimum atomic E-state index is -2.81. The minimum absolute atomic E-state index is 0.00800. The van der Waals surface area contributed by atoms with E-state index < -0.39 is 48.2 Å². The fraction of sp³-hybridized carbons (Fsp3) is 0.400. The molecule has 2 heterocycles. The first-order valence-corrected chi connectivity index (χ1v) is 17.1. The van der Waals surface area contributed by atoms with E-state index >= 15 is 4.79 Å². The number of halogens is 3. The number of alkyl halides is 2. The Hall–Kier alpha value is -4.96. The molecule has 0 bridgehead atoms. The first-order valence-electron chi connectivity index (χ1n) is 16.3. The average Bonchev–Trinajstić information content (AvgIpc) is 3.65. The maximum Gasteiger partial charge on any atom is 0.434 e. The predicted octanol–water partition coefficient (Wildman–Crippen LogP) is 6.59. The summed E-state index contributed by atoms with van der Waals surface area (Å²) in [4.78, 5) is 51.2. The van der Waals surface area contributed by atoms with Crippen molar-refractivity contribution < 1.29 is 33.0 Å². The quantitative estimate of drug-likeness (QED) is 0.112. The molecule has 2 fully saturated rings. The van der Waals surface area contributed by atoms with Gasteiger partial charge in [-0.2, -0.15) is 13.9 Å². The standard InChI is InChI=1S/C35H39ClF2N8O5S/c1-34(2,3)18-35(23-9-6-20(7-10-23)22-15-40-45(16-22)30(37)38)29(47)46(31(43-35)42-32(48)49)27(17-51-33(50)41-24-11-12-24)21-8-13-26(36)25(14-21)28(52)39-19-44(4)5/h6-10,13-16,19,24,27,30H,11-12,17-18H2,1-5H3,(H,41,50)(H,42,43)(H,48,49)/b39-19+/t27-,35-/m1/s1. The van der Waals surface area contributed by atoms with E-state index in [9.17, 15) is 23.5 Å². The number of carbonyl (C=O) groups is 3. The molecule has 3 N–H and O–H groups in total. The Morgan fingerprint density at radius 1 is 1.21 bits per heavy atom. The number of aliphatic imine (C=N–C) groups is 2. The topological polar surface area (TPSA) is 154 Å². The van der Waals surface area contributed by atoms with Crippen LogP contribution in [0.1, 0.15) is 69.3 Å². The van der Waals surface area contributed by atoms with Gasteiger partial charge < -0.3 is 25.4 Å². The van der Waals surface area contributed by atoms with Gasteiger partial charge in [0.2, 0.25) is 5.96 Å². The van der Waals surface area contributed by atoms with Crippen molar-refractivity contribution in [3.05, 3.63) is 76.6 Å². The van der Waals surface area contributed by atoms with E-state index in [1.165, 1.54) is 23.6 Å². The average molecular weight is 757 g/mol. The molecule has 2 aromatic carbocycles. The summed E-state index contributed by atoms with van der Waals surface area (Å²) in [5.74, 6) is -0.855. The fourth-order valence-electron chi connectivity index (χ4n) is 5.88. The van der Waals surface area contributed by atoms with Crippen LogP contribution in [0.2, 0.25) is 5.02 Å². The molecule has 3 amide bonds. The zero-order valence-electron chi connectivity index (χ0n) is 29.1. The van der Waals surface area contributed by atoms with Crippen molar-refractivity contribution >= 4 is 59.2 Å². The normalized spacial score (nSPS) is 18.9. The van der Waals surface area contributed by atoms with E-state index in [4.69, 9.17) is 28.6 Å². The van der Waals surface area contributed by atoms with Crippen LogP contribution in [0.3, 0.4) is 0 Å². The number of hydrogen-bond donors (Lipinski definition) is 3. The van der Waals surface area contributed by atoms with Crippen molar-refractivity contribution in [2.45, 2.75) is 64.2 Å². The summed E-state index contributed by atoms with van der Waals surface area (Å²) < 4.78 is 32.6. The molecule has 276 valence electrons. The summed E-state index contributed by atoms with van der Waals surface area (Å²) in [6.45, 7) is 2.58. The van der Waals surface area contributed by atoms with Gasteiger partial charge in [-0.3, -0.25) is 9.69 Å². The molecule has 0 spiro atoms. The number of benzene rings is 2. The molecule has 0 radical (unpaired) electrons. The van der Waals surface area contributed by atoms with Crippen LogP contribution >= 0.6 is 23.8 Å². The molecule has 2 aliphatic rings. The number of amides is 3. The van der Waals surface area contributed by atoms with Gasteiger partial charge in [-0.1, -0.05) is 74.9 Å². The van der Waals surface area contributed by atoms with Gasteiger partial charge >= 0.3 is 18.7 Å². The second-order valence-electron chi connectivity index (χ2n) is 14.0. The smallest absolute Gasteiger partial charge is 0.434 e. The monoisotopic (exact) mass is 756 g/mol. The maximum atomic E-state index is 15.1. The Bertz CT molecular complexity index is 1910. The van der Waals surface area contributed by atoms with Gasteiger partial charge in [-0.15, -0.1) is 4.99 Å². The van der Waals surface area contributed by atoms with E-state index in [-0.39, 0.29) is 28.4 Å². The summed E-state index contributed by atoms with van der Waals surface area (Å²) in [6.07, 6.45) is 3.57. The molecule has 1 saturated heterocycles. The lowest BCUT2D eigenvalue weighted by Crippen LogP contribution is -2.47. The number of carbonyl (C=O) groups excluding carboxylic acids is 2. The van der Waals surface area contributed by atoms with Gasteiger partial charge in [0.1, 0.15) is 17.1 Å². The Morgan fingerprint density at radius 2 is 1.90 bits per heavy atom. The lowest BCUT2D eigenvalue weighted by molar-refractivity contribution is -0.134. The van der Waals surface area contributed by atoms with Crippen LogP contribution in [0.15, 0.2) is 64.8 Å². The molecular weight excluding hydrogens is 718 g/mol. The lowest BCUT2D eigenvalue weighted by Gasteiger charge is -2.35. The number of carboxylic acid groups (broad SMARTS) is 1. The molecular formula is C35H39ClF2N8O5S. The molecule has 1 aromatic heterocycles. The number of rotatable bonds is 11. The van der Waals surface area contributed by atoms with Crippen LogP contribution in [-0.4, -0.2) is 86.8 Å². The van der Waals surface area contributed by atoms with Crippen LogP contribution in [0.25, 0.3) is 11.1 Å². The first kappa shape index (κ1) is 38.3. The van der Waals surface area contributed by atoms with Gasteiger partial charge in [0.25, 0.3) is 5.91 Å². The van der Waals surface area contributed by atoms with Gasteiger partial charge in [0.05, 0.1) is 23.6 Å². The Morgan fingerprint density at radius 3 is 2.48 bits per heavy atom. The summed E-state index contributed by atoms with van der Waals surface area (Å²) in [5, 5.41) is 19.8. The summed E-state index contributed by atoms with van der Waals surface area (Å²) in [6, 6.07) is 10.4. The molecule has 52 heavy (non-hydrogen) atoms. The van der Waals surface area contributed by atoms with E-state index in [1.807, 2.05) is 20.8 Å². The first-order chi connectivity index (χ1) is 24.5. The third-order valence-electron chi connectivity index (χ3n) is 8.24. The maximum absolute atomic E-state index is 15.1. The molecule has 3 aromatic rings. The minimum Gasteiger partial charge on any atom is -0.463 e. The van der Waals surface area contributed by atoms with Crippen molar-refractivity contribution in [1.82, 2.24) is 30.2 Å². The van der Waals surface area contributed by atoms with Gasteiger partial charge in [0.15, 0.2) is 0 Å². The molecule has 17 heteroatoms. The predicted molar refractivity (Wildman–Crippen MR) is 196 cm³/mol. The molecule has 2 atom stereocenters. The Labute approximate surface area is 309 Å². The highest BCUT2D eigenvalue weighted by Crippen LogP contribution is 2.43. The van der Waals surface area contributed by atoms with Crippen molar-refractivity contribution in [2.75, 3.05) is 20.7 Å². The van der Waals surface area contributed by atoms with E-state index in [1.54, 1.807) is 61.5 Å². The van der Waals surface area contributed by atoms with Crippen LogP contribution in [0, 0.1) is 5.41 Å². The highest BCUT2D eigenvalue weighted by Gasteiger charge is 2.55. The fourth-order valence-corrected chi connectivity index (χ4v) is 6.36. The number of aromatic nitrogens is 2. The van der Waals surface area contributed by atoms with Crippen molar-refractivity contribution in [3.8, 4) is 11.1 Å². The zero-order valence-corrected chi connectivity index (χ0v) is 30.7. The second kappa shape index (κ2) is 15.3. The zero-order chi connectivity index (χ0) is 38.0. The van der Waals surface area contributed by atoms with Gasteiger partial charge in [-0.25, -0.2) is 19.3 Å². The van der Waals surface area contributed by atoms with Crippen LogP contribution in [-0.2, 0) is 15.1 Å². The van der Waals surface area contributed by atoms with Gasteiger partial charge in [0, 0.05) is 37.5 Å². The Kier molecular flexibility index (Phi) is 11.3. The highest BCUT2D eigenvalue weighted by molar-refractivity contribution is 7.80. The molecule has 13 nitrogen and oxygen atoms in total. The molecule has 1 aliphatic carbocycles. The summed E-state index contributed by atoms with van der Waals surface area (Å²) >= 11 is 12.1. The van der Waals surface area contributed by atoms with Crippen molar-refractivity contribution in [1.29, 1.82) is 0 Å². The third-order valence-corrected chi connectivity index (χ3v) is 8.90. The summed E-state index contributed by atoms with van der Waals surface area (Å²) in [5.41, 5.74) is 0.163. The molecule has 0 unspecified atom stereocenters. The van der Waals surface area contributed by atoms with E-state index in [2.05, 4.69) is 25.7 Å². The largest absolute Gasteiger partial charge is 0.463 e. The second-order valence-corrected chi connectivity index (χ2v) is 14.8. The Balaban J connectivity index is 1.62. The highest BCUT2D eigenvalue weighted by atomic mass is 35.5. The van der Waals surface area contributed by atoms with Crippen LogP contribution in [0.4, 0.5) is 18.4 Å². The van der Waals surface area contributed by atoms with E-state index in [0.717, 1.165) is 12.8 Å². The number of nitrogens with one attached hydrogen (secondary N) is 2.